The lowest BCUT2D eigenvalue weighted by atomic mass is 10.3. The minimum absolute atomic E-state index is 0.0632. The maximum absolute atomic E-state index is 12.4. The van der Waals surface area contributed by atoms with Crippen molar-refractivity contribution < 1.29 is 9.50 Å². The fraction of sp³-hybridized carbons (Fsp3) is 0.500. The number of rotatable bonds is 3. The van der Waals surface area contributed by atoms with E-state index in [0.717, 1.165) is 25.2 Å². The summed E-state index contributed by atoms with van der Waals surface area (Å²) in [6.45, 7) is 0.0632. The number of aliphatic hydroxyl groups excluding tert-OH is 1. The zero-order valence-electron chi connectivity index (χ0n) is 7.00. The highest BCUT2D eigenvalue weighted by Gasteiger charge is 2.42. The summed E-state index contributed by atoms with van der Waals surface area (Å²) < 4.78 is 12.4. The molecule has 0 unspecified atom stereocenters. The third-order valence-electron chi connectivity index (χ3n) is 2.15. The molecule has 1 aromatic rings. The minimum Gasteiger partial charge on any atom is -0.394 e. The second kappa shape index (κ2) is 2.92. The van der Waals surface area contributed by atoms with Crippen molar-refractivity contribution in [3.8, 4) is 0 Å². The van der Waals surface area contributed by atoms with Gasteiger partial charge in [-0.3, -0.25) is 0 Å². The molecule has 1 aliphatic carbocycles. The van der Waals surface area contributed by atoms with E-state index in [9.17, 15) is 4.39 Å². The maximum Gasteiger partial charge on any atom is 0.223 e. The minimum atomic E-state index is -0.459. The first-order chi connectivity index (χ1) is 6.24. The van der Waals surface area contributed by atoms with Crippen LogP contribution in [0.2, 0.25) is 0 Å². The predicted octanol–water partition coefficient (Wildman–Crippen LogP) is 0.552. The SMILES string of the molecule is OCC1(Nc2ncc(F)cn2)CC1. The van der Waals surface area contributed by atoms with Crippen LogP contribution in [0.1, 0.15) is 12.8 Å². The van der Waals surface area contributed by atoms with Gasteiger partial charge in [0, 0.05) is 0 Å². The van der Waals surface area contributed by atoms with Crippen molar-refractivity contribution in [2.75, 3.05) is 11.9 Å². The maximum atomic E-state index is 12.4. The van der Waals surface area contributed by atoms with E-state index in [0.29, 0.717) is 5.95 Å². The highest BCUT2D eigenvalue weighted by molar-refractivity contribution is 5.32. The van der Waals surface area contributed by atoms with E-state index in [2.05, 4.69) is 15.3 Å². The molecule has 0 spiro atoms. The highest BCUT2D eigenvalue weighted by atomic mass is 19.1. The number of aliphatic hydroxyl groups is 1. The summed E-state index contributed by atoms with van der Waals surface area (Å²) in [5.74, 6) is -0.0904. The fourth-order valence-corrected chi connectivity index (χ4v) is 1.09. The summed E-state index contributed by atoms with van der Waals surface area (Å²) in [6, 6.07) is 0. The molecule has 13 heavy (non-hydrogen) atoms. The third-order valence-corrected chi connectivity index (χ3v) is 2.15. The summed E-state index contributed by atoms with van der Waals surface area (Å²) in [5.41, 5.74) is -0.252. The zero-order valence-corrected chi connectivity index (χ0v) is 7.00. The van der Waals surface area contributed by atoms with Crippen molar-refractivity contribution in [1.29, 1.82) is 0 Å². The monoisotopic (exact) mass is 183 g/mol. The molecule has 1 fully saturated rings. The Balaban J connectivity index is 2.06. The number of aromatic nitrogens is 2. The van der Waals surface area contributed by atoms with Crippen LogP contribution in [0.3, 0.4) is 0 Å². The quantitative estimate of drug-likeness (QED) is 0.718. The Morgan fingerprint density at radius 2 is 2.08 bits per heavy atom. The van der Waals surface area contributed by atoms with E-state index >= 15 is 0 Å². The van der Waals surface area contributed by atoms with Gasteiger partial charge in [-0.1, -0.05) is 0 Å². The molecule has 0 bridgehead atoms. The standard InChI is InChI=1S/C8H10FN3O/c9-6-3-10-7(11-4-6)12-8(5-13)1-2-8/h3-4,13H,1-2,5H2,(H,10,11,12). The number of hydrogen-bond acceptors (Lipinski definition) is 4. The van der Waals surface area contributed by atoms with Gasteiger partial charge in [-0.25, -0.2) is 14.4 Å². The van der Waals surface area contributed by atoms with Crippen LogP contribution in [0.15, 0.2) is 12.4 Å². The van der Waals surface area contributed by atoms with E-state index < -0.39 is 5.82 Å². The summed E-state index contributed by atoms with van der Waals surface area (Å²) in [4.78, 5) is 7.49. The van der Waals surface area contributed by atoms with E-state index in [1.165, 1.54) is 0 Å². The summed E-state index contributed by atoms with van der Waals surface area (Å²) >= 11 is 0. The van der Waals surface area contributed by atoms with Gasteiger partial charge in [0.1, 0.15) is 0 Å². The average Bonchev–Trinajstić information content (AvgIpc) is 2.90. The van der Waals surface area contributed by atoms with Crippen LogP contribution < -0.4 is 5.32 Å². The lowest BCUT2D eigenvalue weighted by Gasteiger charge is -2.13. The van der Waals surface area contributed by atoms with Gasteiger partial charge in [-0.2, -0.15) is 0 Å². The van der Waals surface area contributed by atoms with Gasteiger partial charge in [0.15, 0.2) is 5.82 Å². The molecule has 5 heteroatoms. The Morgan fingerprint density at radius 3 is 2.54 bits per heavy atom. The molecule has 2 N–H and O–H groups in total. The van der Waals surface area contributed by atoms with Gasteiger partial charge in [0.25, 0.3) is 0 Å². The van der Waals surface area contributed by atoms with E-state index in [-0.39, 0.29) is 12.1 Å². The summed E-state index contributed by atoms with van der Waals surface area (Å²) in [5, 5.41) is 11.9. The van der Waals surface area contributed by atoms with Crippen LogP contribution in [-0.4, -0.2) is 27.2 Å². The molecule has 0 aliphatic heterocycles. The Labute approximate surface area is 74.8 Å². The molecule has 2 rings (SSSR count). The molecule has 70 valence electrons. The molecule has 1 heterocycles. The number of halogens is 1. The van der Waals surface area contributed by atoms with E-state index in [1.54, 1.807) is 0 Å². The lowest BCUT2D eigenvalue weighted by molar-refractivity contribution is 0.265. The van der Waals surface area contributed by atoms with Gasteiger partial charge in [-0.05, 0) is 12.8 Å². The number of anilines is 1. The molecule has 1 aliphatic rings. The van der Waals surface area contributed by atoms with Crippen LogP contribution in [0.5, 0.6) is 0 Å². The topological polar surface area (TPSA) is 58.0 Å². The van der Waals surface area contributed by atoms with E-state index in [4.69, 9.17) is 5.11 Å². The molecular formula is C8H10FN3O. The van der Waals surface area contributed by atoms with Crippen LogP contribution in [-0.2, 0) is 0 Å². The molecular weight excluding hydrogens is 173 g/mol. The predicted molar refractivity (Wildman–Crippen MR) is 44.7 cm³/mol. The Morgan fingerprint density at radius 1 is 1.46 bits per heavy atom. The van der Waals surface area contributed by atoms with Crippen molar-refractivity contribution in [2.45, 2.75) is 18.4 Å². The van der Waals surface area contributed by atoms with Crippen molar-refractivity contribution in [2.24, 2.45) is 0 Å². The second-order valence-electron chi connectivity index (χ2n) is 3.29. The molecule has 4 nitrogen and oxygen atoms in total. The molecule has 0 saturated heterocycles. The van der Waals surface area contributed by atoms with E-state index in [1.807, 2.05) is 0 Å². The largest absolute Gasteiger partial charge is 0.394 e. The van der Waals surface area contributed by atoms with Crippen molar-refractivity contribution in [3.63, 3.8) is 0 Å². The van der Waals surface area contributed by atoms with Crippen LogP contribution in [0.25, 0.3) is 0 Å². The molecule has 0 amide bonds. The van der Waals surface area contributed by atoms with Gasteiger partial charge < -0.3 is 10.4 Å². The first kappa shape index (κ1) is 8.37. The summed E-state index contributed by atoms with van der Waals surface area (Å²) in [7, 11) is 0. The fourth-order valence-electron chi connectivity index (χ4n) is 1.09. The first-order valence-corrected chi connectivity index (χ1v) is 4.11. The molecule has 0 aromatic carbocycles. The number of nitrogens with one attached hydrogen (secondary N) is 1. The van der Waals surface area contributed by atoms with Crippen LogP contribution >= 0.6 is 0 Å². The Hall–Kier alpha value is -1.23. The van der Waals surface area contributed by atoms with Gasteiger partial charge in [0.05, 0.1) is 24.5 Å². The van der Waals surface area contributed by atoms with Crippen LogP contribution in [0, 0.1) is 5.82 Å². The highest BCUT2D eigenvalue weighted by Crippen LogP contribution is 2.37. The molecule has 0 radical (unpaired) electrons. The lowest BCUT2D eigenvalue weighted by Crippen LogP contribution is -2.26. The molecule has 1 saturated carbocycles. The van der Waals surface area contributed by atoms with Gasteiger partial charge in [-0.15, -0.1) is 0 Å². The second-order valence-corrected chi connectivity index (χ2v) is 3.29. The Bertz CT molecular complexity index is 297. The third kappa shape index (κ3) is 1.75. The zero-order chi connectivity index (χ0) is 9.31. The first-order valence-electron chi connectivity index (χ1n) is 4.11. The molecule has 0 atom stereocenters. The smallest absolute Gasteiger partial charge is 0.223 e. The molecule has 1 aromatic heterocycles. The summed E-state index contributed by atoms with van der Waals surface area (Å²) in [6.07, 6.45) is 4.01. The normalized spacial score (nSPS) is 18.3. The number of nitrogens with zero attached hydrogens (tertiary/aromatic N) is 2. The average molecular weight is 183 g/mol. The van der Waals surface area contributed by atoms with Gasteiger partial charge in [0.2, 0.25) is 5.95 Å². The van der Waals surface area contributed by atoms with Crippen molar-refractivity contribution in [1.82, 2.24) is 9.97 Å². The Kier molecular flexibility index (Phi) is 1.88. The van der Waals surface area contributed by atoms with Gasteiger partial charge >= 0.3 is 0 Å². The van der Waals surface area contributed by atoms with Crippen LogP contribution in [0.4, 0.5) is 10.3 Å². The van der Waals surface area contributed by atoms with Crippen molar-refractivity contribution in [3.05, 3.63) is 18.2 Å². The van der Waals surface area contributed by atoms with Crippen molar-refractivity contribution >= 4 is 5.95 Å². The number of hydrogen-bond donors (Lipinski definition) is 2.